The summed E-state index contributed by atoms with van der Waals surface area (Å²) < 4.78 is 39.3. The number of likely N-dealkylation sites (tertiary alicyclic amines) is 1. The molecular formula is C22H25FN2O3S. The Kier molecular flexibility index (Phi) is 5.44. The van der Waals surface area contributed by atoms with Gasteiger partial charge in [-0.3, -0.25) is 4.79 Å². The van der Waals surface area contributed by atoms with Crippen LogP contribution < -0.4 is 4.72 Å². The molecular weight excluding hydrogens is 391 g/mol. The molecule has 1 heterocycles. The van der Waals surface area contributed by atoms with Gasteiger partial charge in [0, 0.05) is 25.0 Å². The number of carbonyl (C=O) groups excluding carboxylic acids is 1. The average Bonchev–Trinajstić information content (AvgIpc) is 3.47. The standard InChI is InChI=1S/C22H25FN2O3S/c1-29(27,28)24-17-8-5-11-25(14-17)22(26)21-13-20(21)19-10-3-2-9-18(19)15-6-4-7-16(23)12-15/h2-4,6-7,9-10,12,17,20-21,24H,5,8,11,13-14H2,1H3/t17-,20+,21-/m1/s1. The summed E-state index contributed by atoms with van der Waals surface area (Å²) in [7, 11) is -3.29. The highest BCUT2D eigenvalue weighted by Crippen LogP contribution is 2.51. The van der Waals surface area contributed by atoms with Crippen molar-refractivity contribution in [2.45, 2.75) is 31.2 Å². The lowest BCUT2D eigenvalue weighted by molar-refractivity contribution is -0.133. The molecule has 1 aliphatic heterocycles. The summed E-state index contributed by atoms with van der Waals surface area (Å²) in [6.45, 7) is 1.08. The number of hydrogen-bond acceptors (Lipinski definition) is 3. The molecule has 0 radical (unpaired) electrons. The van der Waals surface area contributed by atoms with Gasteiger partial charge in [0.15, 0.2) is 0 Å². The molecule has 0 spiro atoms. The fourth-order valence-electron chi connectivity index (χ4n) is 4.36. The van der Waals surface area contributed by atoms with Crippen molar-refractivity contribution in [3.05, 3.63) is 59.9 Å². The number of hydrogen-bond donors (Lipinski definition) is 1. The van der Waals surface area contributed by atoms with E-state index in [0.717, 1.165) is 42.2 Å². The zero-order valence-electron chi connectivity index (χ0n) is 16.3. The Morgan fingerprint density at radius 3 is 2.72 bits per heavy atom. The van der Waals surface area contributed by atoms with E-state index in [0.29, 0.717) is 13.1 Å². The fraction of sp³-hybridized carbons (Fsp3) is 0.409. The Hall–Kier alpha value is -2.25. The van der Waals surface area contributed by atoms with Crippen LogP contribution in [0.2, 0.25) is 0 Å². The maximum atomic E-state index is 13.7. The third-order valence-electron chi connectivity index (χ3n) is 5.72. The Bertz CT molecular complexity index is 1020. The van der Waals surface area contributed by atoms with Crippen LogP contribution >= 0.6 is 0 Å². The molecule has 2 fully saturated rings. The normalized spacial score (nSPS) is 24.3. The molecule has 1 saturated heterocycles. The predicted octanol–water partition coefficient (Wildman–Crippen LogP) is 3.14. The molecule has 0 unspecified atom stereocenters. The van der Waals surface area contributed by atoms with E-state index in [1.165, 1.54) is 12.1 Å². The summed E-state index contributed by atoms with van der Waals surface area (Å²) in [5, 5.41) is 0. The lowest BCUT2D eigenvalue weighted by atomic mass is 9.95. The van der Waals surface area contributed by atoms with Crippen LogP contribution in [-0.2, 0) is 14.8 Å². The van der Waals surface area contributed by atoms with E-state index in [4.69, 9.17) is 0 Å². The van der Waals surface area contributed by atoms with Gasteiger partial charge in [0.2, 0.25) is 15.9 Å². The Morgan fingerprint density at radius 1 is 1.17 bits per heavy atom. The van der Waals surface area contributed by atoms with Gasteiger partial charge >= 0.3 is 0 Å². The predicted molar refractivity (Wildman–Crippen MR) is 110 cm³/mol. The second-order valence-electron chi connectivity index (χ2n) is 8.06. The van der Waals surface area contributed by atoms with Crippen LogP contribution in [0.3, 0.4) is 0 Å². The second-order valence-corrected chi connectivity index (χ2v) is 9.84. The van der Waals surface area contributed by atoms with Gasteiger partial charge in [-0.15, -0.1) is 0 Å². The SMILES string of the molecule is CS(=O)(=O)N[C@@H]1CCCN(C(=O)[C@@H]2C[C@H]2c2ccccc2-c2cccc(F)c2)C1. The average molecular weight is 417 g/mol. The molecule has 154 valence electrons. The fourth-order valence-corrected chi connectivity index (χ4v) is 5.16. The number of halogens is 1. The monoisotopic (exact) mass is 416 g/mol. The van der Waals surface area contributed by atoms with E-state index in [-0.39, 0.29) is 29.6 Å². The van der Waals surface area contributed by atoms with Crippen LogP contribution in [0.5, 0.6) is 0 Å². The highest BCUT2D eigenvalue weighted by molar-refractivity contribution is 7.88. The first-order valence-corrected chi connectivity index (χ1v) is 11.8. The van der Waals surface area contributed by atoms with E-state index in [1.54, 1.807) is 11.0 Å². The summed E-state index contributed by atoms with van der Waals surface area (Å²) in [5.74, 6) is -0.172. The van der Waals surface area contributed by atoms with Gasteiger partial charge in [-0.2, -0.15) is 0 Å². The summed E-state index contributed by atoms with van der Waals surface area (Å²) in [5.41, 5.74) is 2.84. The molecule has 2 aromatic carbocycles. The van der Waals surface area contributed by atoms with Crippen LogP contribution in [-0.4, -0.2) is 44.6 Å². The van der Waals surface area contributed by atoms with Gasteiger partial charge in [-0.1, -0.05) is 36.4 Å². The van der Waals surface area contributed by atoms with Crippen LogP contribution in [0.1, 0.15) is 30.7 Å². The summed E-state index contributed by atoms with van der Waals surface area (Å²) >= 11 is 0. The van der Waals surface area contributed by atoms with Gasteiger partial charge in [0.25, 0.3) is 0 Å². The maximum absolute atomic E-state index is 13.7. The van der Waals surface area contributed by atoms with Gasteiger partial charge < -0.3 is 4.90 Å². The highest BCUT2D eigenvalue weighted by atomic mass is 32.2. The third kappa shape index (κ3) is 4.67. The van der Waals surface area contributed by atoms with Crippen molar-refractivity contribution in [2.75, 3.05) is 19.3 Å². The smallest absolute Gasteiger partial charge is 0.226 e. The molecule has 1 saturated carbocycles. The van der Waals surface area contributed by atoms with Crippen LogP contribution in [0.15, 0.2) is 48.5 Å². The third-order valence-corrected chi connectivity index (χ3v) is 6.48. The molecule has 2 aliphatic rings. The van der Waals surface area contributed by atoms with Crippen molar-refractivity contribution in [1.29, 1.82) is 0 Å². The van der Waals surface area contributed by atoms with Crippen LogP contribution in [0.4, 0.5) is 4.39 Å². The van der Waals surface area contributed by atoms with Crippen LogP contribution in [0, 0.1) is 11.7 Å². The van der Waals surface area contributed by atoms with Crippen molar-refractivity contribution >= 4 is 15.9 Å². The second kappa shape index (κ2) is 7.88. The number of nitrogens with zero attached hydrogens (tertiary/aromatic N) is 1. The molecule has 4 rings (SSSR count). The summed E-state index contributed by atoms with van der Waals surface area (Å²) in [6.07, 6.45) is 3.45. The number of carbonyl (C=O) groups is 1. The summed E-state index contributed by atoms with van der Waals surface area (Å²) in [4.78, 5) is 14.8. The molecule has 3 atom stereocenters. The molecule has 5 nitrogen and oxygen atoms in total. The maximum Gasteiger partial charge on any atom is 0.226 e. The minimum absolute atomic E-state index is 0.0871. The van der Waals surface area contributed by atoms with E-state index >= 15 is 0 Å². The molecule has 29 heavy (non-hydrogen) atoms. The van der Waals surface area contributed by atoms with Gasteiger partial charge in [0.1, 0.15) is 5.82 Å². The number of rotatable bonds is 5. The number of nitrogens with one attached hydrogen (secondary N) is 1. The molecule has 1 amide bonds. The van der Waals surface area contributed by atoms with E-state index in [2.05, 4.69) is 4.72 Å². The quantitative estimate of drug-likeness (QED) is 0.814. The number of piperidine rings is 1. The number of sulfonamides is 1. The zero-order chi connectivity index (χ0) is 20.6. The highest BCUT2D eigenvalue weighted by Gasteiger charge is 2.47. The van der Waals surface area contributed by atoms with Gasteiger partial charge in [0.05, 0.1) is 6.26 Å². The first-order chi connectivity index (χ1) is 13.8. The minimum atomic E-state index is -3.29. The molecule has 1 aliphatic carbocycles. The molecule has 0 bridgehead atoms. The van der Waals surface area contributed by atoms with Crippen molar-refractivity contribution in [3.63, 3.8) is 0 Å². The first kappa shape index (κ1) is 20.0. The Labute approximate surface area is 171 Å². The van der Waals surface area contributed by atoms with E-state index in [9.17, 15) is 17.6 Å². The largest absolute Gasteiger partial charge is 0.341 e. The van der Waals surface area contributed by atoms with Crippen molar-refractivity contribution in [3.8, 4) is 11.1 Å². The molecule has 0 aromatic heterocycles. The number of benzene rings is 2. The zero-order valence-corrected chi connectivity index (χ0v) is 17.2. The van der Waals surface area contributed by atoms with Gasteiger partial charge in [-0.05, 0) is 54.0 Å². The number of amides is 1. The van der Waals surface area contributed by atoms with Gasteiger partial charge in [-0.25, -0.2) is 17.5 Å². The van der Waals surface area contributed by atoms with Crippen molar-refractivity contribution < 1.29 is 17.6 Å². The Morgan fingerprint density at radius 2 is 1.97 bits per heavy atom. The lowest BCUT2D eigenvalue weighted by Crippen LogP contribution is -2.49. The molecule has 2 aromatic rings. The molecule has 1 N–H and O–H groups in total. The van der Waals surface area contributed by atoms with Crippen LogP contribution in [0.25, 0.3) is 11.1 Å². The topological polar surface area (TPSA) is 66.5 Å². The van der Waals surface area contributed by atoms with Crippen molar-refractivity contribution in [1.82, 2.24) is 9.62 Å². The van der Waals surface area contributed by atoms with Crippen molar-refractivity contribution in [2.24, 2.45) is 5.92 Å². The lowest BCUT2D eigenvalue weighted by Gasteiger charge is -2.33. The van der Waals surface area contributed by atoms with E-state index in [1.807, 2.05) is 30.3 Å². The van der Waals surface area contributed by atoms with E-state index < -0.39 is 10.0 Å². The Balaban J connectivity index is 1.48. The minimum Gasteiger partial charge on any atom is -0.341 e. The summed E-state index contributed by atoms with van der Waals surface area (Å²) in [6, 6.07) is 14.2. The molecule has 7 heteroatoms. The first-order valence-electron chi connectivity index (χ1n) is 9.93.